The second-order valence-corrected chi connectivity index (χ2v) is 5.12. The zero-order valence-electron chi connectivity index (χ0n) is 9.95. The van der Waals surface area contributed by atoms with Crippen LogP contribution in [0.1, 0.15) is 24.1 Å². The lowest BCUT2D eigenvalue weighted by molar-refractivity contribution is 0.356. The van der Waals surface area contributed by atoms with Gasteiger partial charge in [0.25, 0.3) is 0 Å². The van der Waals surface area contributed by atoms with Crippen molar-refractivity contribution < 1.29 is 4.74 Å². The summed E-state index contributed by atoms with van der Waals surface area (Å²) in [6.07, 6.45) is 3.19. The maximum absolute atomic E-state index is 5.51. The summed E-state index contributed by atoms with van der Waals surface area (Å²) in [5.41, 5.74) is 2.72. The van der Waals surface area contributed by atoms with E-state index in [1.807, 2.05) is 11.8 Å². The van der Waals surface area contributed by atoms with E-state index in [1.54, 1.807) is 0 Å². The number of rotatable bonds is 5. The minimum atomic E-state index is 0.429. The number of hydrogen-bond acceptors (Lipinski definition) is 3. The Morgan fingerprint density at radius 3 is 3.19 bits per heavy atom. The van der Waals surface area contributed by atoms with Gasteiger partial charge in [0.05, 0.1) is 6.61 Å². The van der Waals surface area contributed by atoms with Crippen LogP contribution in [-0.4, -0.2) is 25.2 Å². The fraction of sp³-hybridized carbons (Fsp3) is 0.538. The van der Waals surface area contributed by atoms with Gasteiger partial charge in [0.15, 0.2) is 0 Å². The van der Waals surface area contributed by atoms with Gasteiger partial charge in [0.1, 0.15) is 5.75 Å². The Morgan fingerprint density at radius 1 is 1.50 bits per heavy atom. The molecule has 1 aromatic rings. The molecule has 0 spiro atoms. The van der Waals surface area contributed by atoms with Crippen LogP contribution in [-0.2, 0) is 6.42 Å². The number of fused-ring (bicyclic) bond motifs is 1. The molecule has 1 atom stereocenters. The molecule has 1 unspecified atom stereocenters. The molecular weight excluding hydrogens is 218 g/mol. The van der Waals surface area contributed by atoms with E-state index in [-0.39, 0.29) is 0 Å². The van der Waals surface area contributed by atoms with E-state index in [1.165, 1.54) is 16.9 Å². The number of thioether (sulfide) groups is 1. The number of ether oxygens (including phenoxy) is 1. The lowest BCUT2D eigenvalue weighted by Gasteiger charge is -2.14. The average Bonchev–Trinajstić information content (AvgIpc) is 2.76. The SMILES string of the molecule is CSCCNC(C)c1ccc2c(c1)CCO2. The van der Waals surface area contributed by atoms with Crippen molar-refractivity contribution >= 4 is 11.8 Å². The van der Waals surface area contributed by atoms with E-state index < -0.39 is 0 Å². The van der Waals surface area contributed by atoms with Crippen molar-refractivity contribution in [1.82, 2.24) is 5.32 Å². The van der Waals surface area contributed by atoms with E-state index in [0.29, 0.717) is 6.04 Å². The van der Waals surface area contributed by atoms with Crippen molar-refractivity contribution in [1.29, 1.82) is 0 Å². The van der Waals surface area contributed by atoms with E-state index in [4.69, 9.17) is 4.74 Å². The van der Waals surface area contributed by atoms with E-state index in [0.717, 1.165) is 25.3 Å². The summed E-state index contributed by atoms with van der Waals surface area (Å²) < 4.78 is 5.51. The van der Waals surface area contributed by atoms with Crippen molar-refractivity contribution in [3.8, 4) is 5.75 Å². The molecule has 0 radical (unpaired) electrons. The zero-order chi connectivity index (χ0) is 11.4. The summed E-state index contributed by atoms with van der Waals surface area (Å²) in [6, 6.07) is 6.97. The average molecular weight is 237 g/mol. The third kappa shape index (κ3) is 2.71. The molecule has 0 bridgehead atoms. The Kier molecular flexibility index (Phi) is 4.13. The number of benzene rings is 1. The van der Waals surface area contributed by atoms with Crippen molar-refractivity contribution in [2.45, 2.75) is 19.4 Å². The van der Waals surface area contributed by atoms with Crippen LogP contribution < -0.4 is 10.1 Å². The van der Waals surface area contributed by atoms with E-state index >= 15 is 0 Å². The third-order valence-corrected chi connectivity index (χ3v) is 3.58. The molecule has 1 aromatic carbocycles. The summed E-state index contributed by atoms with van der Waals surface area (Å²) in [7, 11) is 0. The van der Waals surface area contributed by atoms with Gasteiger partial charge in [-0.15, -0.1) is 0 Å². The molecule has 3 heteroatoms. The minimum Gasteiger partial charge on any atom is -0.493 e. The van der Waals surface area contributed by atoms with Gasteiger partial charge < -0.3 is 10.1 Å². The summed E-state index contributed by atoms with van der Waals surface area (Å²) in [6.45, 7) is 4.13. The fourth-order valence-corrected chi connectivity index (χ4v) is 2.29. The largest absolute Gasteiger partial charge is 0.493 e. The molecule has 1 heterocycles. The standard InChI is InChI=1S/C13H19NOS/c1-10(14-6-8-16-2)11-3-4-13-12(9-11)5-7-15-13/h3-4,9-10,14H,5-8H2,1-2H3. The summed E-state index contributed by atoms with van der Waals surface area (Å²) in [5.74, 6) is 2.23. The van der Waals surface area contributed by atoms with Crippen LogP contribution in [0, 0.1) is 0 Å². The zero-order valence-corrected chi connectivity index (χ0v) is 10.8. The lowest BCUT2D eigenvalue weighted by atomic mass is 10.0. The van der Waals surface area contributed by atoms with Gasteiger partial charge in [-0.25, -0.2) is 0 Å². The molecule has 0 saturated heterocycles. The first kappa shape index (κ1) is 11.8. The summed E-state index contributed by atoms with van der Waals surface area (Å²) in [4.78, 5) is 0. The van der Waals surface area contributed by atoms with Crippen LogP contribution in [0.5, 0.6) is 5.75 Å². The second kappa shape index (κ2) is 5.60. The van der Waals surface area contributed by atoms with Crippen LogP contribution >= 0.6 is 11.8 Å². The van der Waals surface area contributed by atoms with Crippen LogP contribution in [0.3, 0.4) is 0 Å². The number of hydrogen-bond donors (Lipinski definition) is 1. The van der Waals surface area contributed by atoms with E-state index in [2.05, 4.69) is 36.7 Å². The highest BCUT2D eigenvalue weighted by atomic mass is 32.2. The Labute approximate surface area is 102 Å². The lowest BCUT2D eigenvalue weighted by Crippen LogP contribution is -2.21. The molecule has 1 aliphatic heterocycles. The van der Waals surface area contributed by atoms with Crippen molar-refractivity contribution in [3.05, 3.63) is 29.3 Å². The fourth-order valence-electron chi connectivity index (χ4n) is 1.97. The molecule has 0 fully saturated rings. The van der Waals surface area contributed by atoms with Gasteiger partial charge in [0, 0.05) is 24.8 Å². The molecule has 0 saturated carbocycles. The summed E-state index contributed by atoms with van der Waals surface area (Å²) in [5, 5.41) is 3.53. The molecular formula is C13H19NOS. The molecule has 0 aromatic heterocycles. The first-order valence-corrected chi connectivity index (χ1v) is 7.18. The minimum absolute atomic E-state index is 0.429. The highest BCUT2D eigenvalue weighted by Gasteiger charge is 2.13. The number of nitrogens with one attached hydrogen (secondary N) is 1. The smallest absolute Gasteiger partial charge is 0.122 e. The normalized spacial score (nSPS) is 15.6. The first-order chi connectivity index (χ1) is 7.81. The van der Waals surface area contributed by atoms with Crippen LogP contribution in [0.2, 0.25) is 0 Å². The first-order valence-electron chi connectivity index (χ1n) is 5.79. The van der Waals surface area contributed by atoms with Crippen molar-refractivity contribution in [2.75, 3.05) is 25.2 Å². The van der Waals surface area contributed by atoms with Crippen molar-refractivity contribution in [3.63, 3.8) is 0 Å². The van der Waals surface area contributed by atoms with Crippen LogP contribution in [0.25, 0.3) is 0 Å². The van der Waals surface area contributed by atoms with Crippen LogP contribution in [0.15, 0.2) is 18.2 Å². The van der Waals surface area contributed by atoms with Gasteiger partial charge in [-0.05, 0) is 30.4 Å². The summed E-state index contributed by atoms with van der Waals surface area (Å²) >= 11 is 1.88. The van der Waals surface area contributed by atoms with E-state index in [9.17, 15) is 0 Å². The Hall–Kier alpha value is -0.670. The van der Waals surface area contributed by atoms with Crippen molar-refractivity contribution in [2.24, 2.45) is 0 Å². The Balaban J connectivity index is 1.98. The predicted octanol–water partition coefficient (Wildman–Crippen LogP) is 2.64. The highest BCUT2D eigenvalue weighted by molar-refractivity contribution is 7.98. The maximum Gasteiger partial charge on any atom is 0.122 e. The second-order valence-electron chi connectivity index (χ2n) is 4.13. The molecule has 2 nitrogen and oxygen atoms in total. The van der Waals surface area contributed by atoms with Crippen LogP contribution in [0.4, 0.5) is 0 Å². The molecule has 16 heavy (non-hydrogen) atoms. The third-order valence-electron chi connectivity index (χ3n) is 2.97. The van der Waals surface area contributed by atoms with Gasteiger partial charge >= 0.3 is 0 Å². The maximum atomic E-state index is 5.51. The molecule has 88 valence electrons. The Morgan fingerprint density at radius 2 is 2.38 bits per heavy atom. The molecule has 1 N–H and O–H groups in total. The quantitative estimate of drug-likeness (QED) is 0.796. The topological polar surface area (TPSA) is 21.3 Å². The van der Waals surface area contributed by atoms with Gasteiger partial charge in [-0.2, -0.15) is 11.8 Å². The molecule has 0 amide bonds. The monoisotopic (exact) mass is 237 g/mol. The van der Waals surface area contributed by atoms with Gasteiger partial charge in [-0.3, -0.25) is 0 Å². The Bertz CT molecular complexity index is 354. The predicted molar refractivity (Wildman–Crippen MR) is 70.4 cm³/mol. The van der Waals surface area contributed by atoms with Gasteiger partial charge in [-0.1, -0.05) is 12.1 Å². The van der Waals surface area contributed by atoms with Gasteiger partial charge in [0.2, 0.25) is 0 Å². The highest BCUT2D eigenvalue weighted by Crippen LogP contribution is 2.27. The molecule has 2 rings (SSSR count). The molecule has 0 aliphatic carbocycles. The molecule has 1 aliphatic rings.